The van der Waals surface area contributed by atoms with E-state index in [1.54, 1.807) is 0 Å². The van der Waals surface area contributed by atoms with Crippen molar-refractivity contribution in [1.29, 1.82) is 0 Å². The normalized spacial score (nSPS) is 44.6. The number of nitrogens with one attached hydrogen (secondary N) is 2. The summed E-state index contributed by atoms with van der Waals surface area (Å²) in [6.07, 6.45) is -4.47. The molecule has 8 nitrogen and oxygen atoms in total. The lowest BCUT2D eigenvalue weighted by Gasteiger charge is -2.60. The topological polar surface area (TPSA) is 127 Å². The van der Waals surface area contributed by atoms with E-state index in [2.05, 4.69) is 6.92 Å². The number of hydrogen-bond donors (Lipinski definition) is 7. The van der Waals surface area contributed by atoms with E-state index in [0.29, 0.717) is 32.0 Å². The van der Waals surface area contributed by atoms with Gasteiger partial charge in [-0.2, -0.15) is 0 Å². The summed E-state index contributed by atoms with van der Waals surface area (Å²) in [5.41, 5.74) is -0.754. The summed E-state index contributed by atoms with van der Waals surface area (Å²) in [5.74, 6) is 0.346. The molecule has 0 aromatic rings. The van der Waals surface area contributed by atoms with Crippen LogP contribution in [0.25, 0.3) is 0 Å². The van der Waals surface area contributed by atoms with Gasteiger partial charge < -0.3 is 25.5 Å². The van der Waals surface area contributed by atoms with Gasteiger partial charge in [-0.3, -0.25) is 14.6 Å². The minimum Gasteiger partial charge on any atom is -0.394 e. The second kappa shape index (κ2) is 6.53. The molecule has 4 saturated heterocycles. The van der Waals surface area contributed by atoms with E-state index in [9.17, 15) is 25.2 Å². The Labute approximate surface area is 147 Å². The maximum absolute atomic E-state index is 13.0. The highest BCUT2D eigenvalue weighted by Gasteiger charge is 2.70. The Bertz CT molecular complexity index is 513. The predicted octanol–water partition coefficient (Wildman–Crippen LogP) is -5.08. The molecular weight excluding hydrogens is 328 g/mol. The molecule has 2 unspecified atom stereocenters. The Morgan fingerprint density at radius 3 is 2.12 bits per heavy atom. The van der Waals surface area contributed by atoms with E-state index in [1.165, 1.54) is 0 Å². The van der Waals surface area contributed by atoms with Crippen LogP contribution in [0.5, 0.6) is 0 Å². The summed E-state index contributed by atoms with van der Waals surface area (Å²) in [7, 11) is 0. The maximum Gasteiger partial charge on any atom is 0.242 e. The van der Waals surface area contributed by atoms with Gasteiger partial charge in [-0.05, 0) is 13.3 Å². The van der Waals surface area contributed by atoms with E-state index in [0.717, 1.165) is 22.6 Å². The minimum atomic E-state index is -1.61. The molecule has 0 radical (unpaired) electrons. The van der Waals surface area contributed by atoms with Crippen LogP contribution in [0.15, 0.2) is 0 Å². The molecule has 6 atom stereocenters. The molecule has 8 heteroatoms. The Kier molecular flexibility index (Phi) is 5.00. The van der Waals surface area contributed by atoms with Crippen molar-refractivity contribution >= 4 is 5.78 Å². The molecule has 0 spiro atoms. The number of quaternary nitrogens is 2. The number of aliphatic hydroxyl groups excluding tert-OH is 5. The van der Waals surface area contributed by atoms with Gasteiger partial charge in [-0.1, -0.05) is 13.3 Å². The fraction of sp³-hybridized carbons (Fsp3) is 0.941. The smallest absolute Gasteiger partial charge is 0.242 e. The van der Waals surface area contributed by atoms with E-state index in [-0.39, 0.29) is 11.6 Å². The van der Waals surface area contributed by atoms with E-state index >= 15 is 0 Å². The zero-order valence-corrected chi connectivity index (χ0v) is 15.0. The third-order valence-corrected chi connectivity index (χ3v) is 6.63. The lowest BCUT2D eigenvalue weighted by Crippen LogP contribution is -3.46. The third kappa shape index (κ3) is 2.84. The molecule has 4 aliphatic heterocycles. The molecule has 4 bridgehead atoms. The quantitative estimate of drug-likeness (QED) is 0.244. The van der Waals surface area contributed by atoms with Gasteiger partial charge in [0.1, 0.15) is 42.2 Å². The van der Waals surface area contributed by atoms with Gasteiger partial charge in [0.2, 0.25) is 6.17 Å². The first kappa shape index (κ1) is 19.2. The van der Waals surface area contributed by atoms with Crippen molar-refractivity contribution in [3.63, 3.8) is 0 Å². The summed E-state index contributed by atoms with van der Waals surface area (Å²) in [4.78, 5) is 15.2. The molecule has 25 heavy (non-hydrogen) atoms. The summed E-state index contributed by atoms with van der Waals surface area (Å²) in [6, 6.07) is 0. The zero-order valence-electron chi connectivity index (χ0n) is 15.0. The average Bonchev–Trinajstić information content (AvgIpc) is 2.56. The monoisotopic (exact) mass is 360 g/mol. The molecule has 144 valence electrons. The SMILES string of the molecule is CCCC12C[NH+]3CC(C)(C[NH+](C1)C3[C@H](O)[C@@H](O)[C@H](O)[C@H](O)CO)C2=O. The molecule has 4 rings (SSSR count). The number of aliphatic hydroxyl groups is 5. The highest BCUT2D eigenvalue weighted by atomic mass is 16.4. The summed E-state index contributed by atoms with van der Waals surface area (Å²) in [6.45, 7) is 5.92. The lowest BCUT2D eigenvalue weighted by atomic mass is 9.59. The van der Waals surface area contributed by atoms with Crippen LogP contribution < -0.4 is 9.80 Å². The minimum absolute atomic E-state index is 0.346. The van der Waals surface area contributed by atoms with Gasteiger partial charge in [0.25, 0.3) is 0 Å². The number of rotatable bonds is 7. The van der Waals surface area contributed by atoms with Gasteiger partial charge >= 0.3 is 0 Å². The van der Waals surface area contributed by atoms with Crippen LogP contribution in [0.4, 0.5) is 0 Å². The maximum atomic E-state index is 13.0. The van der Waals surface area contributed by atoms with Crippen molar-refractivity contribution in [1.82, 2.24) is 0 Å². The number of Topliss-reactive ketones (excluding diaryl/α,β-unsaturated/α-hetero) is 1. The van der Waals surface area contributed by atoms with Gasteiger partial charge in [0.05, 0.1) is 19.7 Å². The largest absolute Gasteiger partial charge is 0.394 e. The van der Waals surface area contributed by atoms with Gasteiger partial charge in [0, 0.05) is 0 Å². The molecule has 0 aromatic carbocycles. The van der Waals surface area contributed by atoms with Crippen LogP contribution in [0.1, 0.15) is 26.7 Å². The van der Waals surface area contributed by atoms with Crippen molar-refractivity contribution in [2.24, 2.45) is 10.8 Å². The fourth-order valence-corrected chi connectivity index (χ4v) is 5.80. The van der Waals surface area contributed by atoms with Crippen molar-refractivity contribution in [2.75, 3.05) is 32.8 Å². The van der Waals surface area contributed by atoms with Crippen molar-refractivity contribution < 1.29 is 40.1 Å². The average molecular weight is 360 g/mol. The number of hydrogen-bond acceptors (Lipinski definition) is 6. The predicted molar refractivity (Wildman–Crippen MR) is 86.7 cm³/mol. The Morgan fingerprint density at radius 2 is 1.64 bits per heavy atom. The van der Waals surface area contributed by atoms with Crippen LogP contribution in [-0.2, 0) is 4.79 Å². The molecule has 0 saturated carbocycles. The van der Waals surface area contributed by atoms with Gasteiger partial charge in [-0.15, -0.1) is 0 Å². The van der Waals surface area contributed by atoms with E-state index < -0.39 is 36.4 Å². The van der Waals surface area contributed by atoms with E-state index in [4.69, 9.17) is 5.11 Å². The summed E-state index contributed by atoms with van der Waals surface area (Å²) >= 11 is 0. The van der Waals surface area contributed by atoms with Gasteiger partial charge in [0.15, 0.2) is 11.9 Å². The second-order valence-electron chi connectivity index (χ2n) is 8.64. The third-order valence-electron chi connectivity index (χ3n) is 6.63. The Morgan fingerprint density at radius 1 is 1.08 bits per heavy atom. The highest BCUT2D eigenvalue weighted by molar-refractivity contribution is 5.91. The second-order valence-corrected chi connectivity index (χ2v) is 8.64. The van der Waals surface area contributed by atoms with Crippen LogP contribution >= 0.6 is 0 Å². The van der Waals surface area contributed by atoms with Crippen LogP contribution in [-0.4, -0.2) is 94.7 Å². The number of ketones is 1. The van der Waals surface area contributed by atoms with Crippen LogP contribution in [0, 0.1) is 10.8 Å². The first-order chi connectivity index (χ1) is 11.7. The molecule has 4 heterocycles. The van der Waals surface area contributed by atoms with Crippen LogP contribution in [0.3, 0.4) is 0 Å². The Balaban J connectivity index is 1.82. The molecule has 0 aliphatic carbocycles. The molecular formula is C17H32N2O6+2. The zero-order chi connectivity index (χ0) is 18.6. The standard InChI is InChI=1S/C17H30N2O6/c1-3-4-17-8-18-6-16(2,15(17)25)7-19(9-17)14(18)13(24)12(23)11(22)10(21)5-20/h10-14,20-24H,3-9H2,1-2H3/p+2/t10-,11-,12+,13-,14?,16?,17?/m1/s1. The summed E-state index contributed by atoms with van der Waals surface area (Å²) < 4.78 is 0. The fourth-order valence-electron chi connectivity index (χ4n) is 5.80. The molecule has 0 aromatic heterocycles. The Hall–Kier alpha value is -0.610. The van der Waals surface area contributed by atoms with Crippen molar-refractivity contribution in [3.05, 3.63) is 0 Å². The molecule has 0 amide bonds. The number of carbonyl (C=O) groups is 1. The first-order valence-electron chi connectivity index (χ1n) is 9.26. The molecule has 4 fully saturated rings. The number of carbonyl (C=O) groups excluding carboxylic acids is 1. The van der Waals surface area contributed by atoms with Gasteiger partial charge in [-0.25, -0.2) is 0 Å². The van der Waals surface area contributed by atoms with Crippen molar-refractivity contribution in [3.8, 4) is 0 Å². The summed E-state index contributed by atoms with van der Waals surface area (Å²) in [5, 5.41) is 49.4. The van der Waals surface area contributed by atoms with Crippen molar-refractivity contribution in [2.45, 2.75) is 57.3 Å². The van der Waals surface area contributed by atoms with E-state index in [1.807, 2.05) is 6.92 Å². The molecule has 7 N–H and O–H groups in total. The molecule has 4 aliphatic rings. The lowest BCUT2D eigenvalue weighted by molar-refractivity contribution is -1.17. The number of piperidine rings is 2. The first-order valence-corrected chi connectivity index (χ1v) is 9.26. The highest BCUT2D eigenvalue weighted by Crippen LogP contribution is 2.38. The van der Waals surface area contributed by atoms with Crippen LogP contribution in [0.2, 0.25) is 0 Å².